The Labute approximate surface area is 83.8 Å². The van der Waals surface area contributed by atoms with Gasteiger partial charge in [0, 0.05) is 18.7 Å². The summed E-state index contributed by atoms with van der Waals surface area (Å²) in [7, 11) is 0. The maximum Gasteiger partial charge on any atom is 0.159 e. The predicted molar refractivity (Wildman–Crippen MR) is 57.3 cm³/mol. The summed E-state index contributed by atoms with van der Waals surface area (Å²) >= 11 is 0. The molecule has 0 aliphatic heterocycles. The van der Waals surface area contributed by atoms with Gasteiger partial charge in [-0.2, -0.15) is 0 Å². The average molecular weight is 189 g/mol. The number of imidazole rings is 1. The van der Waals surface area contributed by atoms with Crippen LogP contribution in [0.15, 0.2) is 18.3 Å². The molecule has 0 aliphatic carbocycles. The highest BCUT2D eigenvalue weighted by Crippen LogP contribution is 2.19. The van der Waals surface area contributed by atoms with Crippen LogP contribution < -0.4 is 0 Å². The zero-order valence-electron chi connectivity index (χ0n) is 8.86. The van der Waals surface area contributed by atoms with Crippen LogP contribution in [0.3, 0.4) is 0 Å². The number of rotatable bonds is 2. The van der Waals surface area contributed by atoms with Gasteiger partial charge in [0.2, 0.25) is 0 Å². The molecular weight excluding hydrogens is 174 g/mol. The Bertz CT molecular complexity index is 443. The second-order valence-electron chi connectivity index (χ2n) is 3.72. The Balaban J connectivity index is 2.72. The largest absolute Gasteiger partial charge is 0.313 e. The lowest BCUT2D eigenvalue weighted by Gasteiger charge is -2.07. The molecule has 0 amide bonds. The van der Waals surface area contributed by atoms with Crippen LogP contribution in [-0.4, -0.2) is 14.5 Å². The molecule has 0 aliphatic rings. The van der Waals surface area contributed by atoms with Gasteiger partial charge >= 0.3 is 0 Å². The van der Waals surface area contributed by atoms with E-state index in [-0.39, 0.29) is 0 Å². The minimum Gasteiger partial charge on any atom is -0.313 e. The van der Waals surface area contributed by atoms with Crippen LogP contribution in [0.5, 0.6) is 0 Å². The van der Waals surface area contributed by atoms with E-state index in [2.05, 4.69) is 35.3 Å². The second kappa shape index (κ2) is 3.40. The lowest BCUT2D eigenvalue weighted by Crippen LogP contribution is -2.03. The number of nitrogens with zero attached hydrogens (tertiary/aromatic N) is 3. The van der Waals surface area contributed by atoms with E-state index in [0.29, 0.717) is 5.92 Å². The fourth-order valence-corrected chi connectivity index (χ4v) is 1.73. The first kappa shape index (κ1) is 9.19. The number of pyridine rings is 1. The van der Waals surface area contributed by atoms with Gasteiger partial charge in [-0.1, -0.05) is 13.8 Å². The van der Waals surface area contributed by atoms with Crippen LogP contribution in [0, 0.1) is 0 Å². The highest BCUT2D eigenvalue weighted by molar-refractivity contribution is 5.71. The summed E-state index contributed by atoms with van der Waals surface area (Å²) in [6, 6.07) is 3.94. The van der Waals surface area contributed by atoms with E-state index in [1.807, 2.05) is 18.3 Å². The first-order valence-electron chi connectivity index (χ1n) is 5.05. The molecule has 0 bridgehead atoms. The zero-order chi connectivity index (χ0) is 10.1. The lowest BCUT2D eigenvalue weighted by atomic mass is 10.2. The van der Waals surface area contributed by atoms with E-state index in [4.69, 9.17) is 0 Å². The first-order valence-corrected chi connectivity index (χ1v) is 5.05. The maximum atomic E-state index is 4.58. The molecule has 3 nitrogen and oxygen atoms in total. The molecule has 0 saturated carbocycles. The molecule has 0 radical (unpaired) electrons. The van der Waals surface area contributed by atoms with Gasteiger partial charge in [0.1, 0.15) is 11.3 Å². The molecule has 0 atom stereocenters. The van der Waals surface area contributed by atoms with Crippen LogP contribution in [0.4, 0.5) is 0 Å². The van der Waals surface area contributed by atoms with Gasteiger partial charge in [0.25, 0.3) is 0 Å². The first-order chi connectivity index (χ1) is 6.74. The van der Waals surface area contributed by atoms with Crippen molar-refractivity contribution < 1.29 is 0 Å². The molecule has 0 unspecified atom stereocenters. The highest BCUT2D eigenvalue weighted by Gasteiger charge is 2.12. The van der Waals surface area contributed by atoms with Crippen molar-refractivity contribution in [3.05, 3.63) is 24.2 Å². The molecule has 2 rings (SSSR count). The smallest absolute Gasteiger partial charge is 0.159 e. The van der Waals surface area contributed by atoms with Crippen molar-refractivity contribution in [3.8, 4) is 0 Å². The van der Waals surface area contributed by atoms with Crippen molar-refractivity contribution >= 4 is 11.2 Å². The van der Waals surface area contributed by atoms with Gasteiger partial charge in [-0.3, -0.25) is 0 Å². The SMILES string of the molecule is CCn1c(C(C)C)nc2cccnc21. The van der Waals surface area contributed by atoms with Crippen molar-refractivity contribution in [2.75, 3.05) is 0 Å². The van der Waals surface area contributed by atoms with E-state index >= 15 is 0 Å². The molecule has 2 heterocycles. The van der Waals surface area contributed by atoms with Gasteiger partial charge < -0.3 is 4.57 Å². The summed E-state index contributed by atoms with van der Waals surface area (Å²) in [4.78, 5) is 8.94. The Morgan fingerprint density at radius 2 is 2.21 bits per heavy atom. The number of hydrogen-bond donors (Lipinski definition) is 0. The van der Waals surface area contributed by atoms with E-state index in [1.54, 1.807) is 0 Å². The third-order valence-electron chi connectivity index (χ3n) is 2.37. The van der Waals surface area contributed by atoms with Crippen LogP contribution in [0.2, 0.25) is 0 Å². The van der Waals surface area contributed by atoms with Crippen molar-refractivity contribution in [2.24, 2.45) is 0 Å². The summed E-state index contributed by atoms with van der Waals surface area (Å²) in [5.74, 6) is 1.57. The fourth-order valence-electron chi connectivity index (χ4n) is 1.73. The van der Waals surface area contributed by atoms with Gasteiger partial charge in [-0.25, -0.2) is 9.97 Å². The van der Waals surface area contributed by atoms with Gasteiger partial charge in [0.05, 0.1) is 0 Å². The van der Waals surface area contributed by atoms with Crippen molar-refractivity contribution in [2.45, 2.75) is 33.2 Å². The minimum absolute atomic E-state index is 0.448. The van der Waals surface area contributed by atoms with Crippen LogP contribution in [0.1, 0.15) is 32.5 Å². The Morgan fingerprint density at radius 3 is 2.86 bits per heavy atom. The molecule has 0 saturated heterocycles. The monoisotopic (exact) mass is 189 g/mol. The molecule has 3 heteroatoms. The molecule has 0 spiro atoms. The zero-order valence-corrected chi connectivity index (χ0v) is 8.86. The van der Waals surface area contributed by atoms with Gasteiger partial charge in [-0.15, -0.1) is 0 Å². The average Bonchev–Trinajstić information content (AvgIpc) is 2.56. The number of aromatic nitrogens is 3. The number of aryl methyl sites for hydroxylation is 1. The van der Waals surface area contributed by atoms with Crippen molar-refractivity contribution in [1.82, 2.24) is 14.5 Å². The van der Waals surface area contributed by atoms with Crippen molar-refractivity contribution in [3.63, 3.8) is 0 Å². The highest BCUT2D eigenvalue weighted by atomic mass is 15.1. The molecule has 14 heavy (non-hydrogen) atoms. The molecule has 2 aromatic heterocycles. The van der Waals surface area contributed by atoms with E-state index in [9.17, 15) is 0 Å². The van der Waals surface area contributed by atoms with Gasteiger partial charge in [0.15, 0.2) is 5.65 Å². The summed E-state index contributed by atoms with van der Waals surface area (Å²) in [6.45, 7) is 7.38. The minimum atomic E-state index is 0.448. The second-order valence-corrected chi connectivity index (χ2v) is 3.72. The molecule has 2 aromatic rings. The van der Waals surface area contributed by atoms with Crippen LogP contribution >= 0.6 is 0 Å². The summed E-state index contributed by atoms with van der Waals surface area (Å²) < 4.78 is 2.18. The molecular formula is C11H15N3. The van der Waals surface area contributed by atoms with E-state index < -0.39 is 0 Å². The lowest BCUT2D eigenvalue weighted by molar-refractivity contribution is 0.663. The summed E-state index contributed by atoms with van der Waals surface area (Å²) in [6.07, 6.45) is 1.82. The standard InChI is InChI=1S/C11H15N3/c1-4-14-10(8(2)3)13-9-6-5-7-12-11(9)14/h5-8H,4H2,1-3H3. The van der Waals surface area contributed by atoms with E-state index in [1.165, 1.54) is 0 Å². The molecule has 74 valence electrons. The summed E-state index contributed by atoms with van der Waals surface area (Å²) in [5, 5.41) is 0. The number of hydrogen-bond acceptors (Lipinski definition) is 2. The topological polar surface area (TPSA) is 30.7 Å². The fraction of sp³-hybridized carbons (Fsp3) is 0.455. The predicted octanol–water partition coefficient (Wildman–Crippen LogP) is 2.57. The van der Waals surface area contributed by atoms with Gasteiger partial charge in [-0.05, 0) is 19.1 Å². The maximum absolute atomic E-state index is 4.58. The Hall–Kier alpha value is -1.38. The Kier molecular flexibility index (Phi) is 2.23. The molecule has 0 fully saturated rings. The van der Waals surface area contributed by atoms with Crippen molar-refractivity contribution in [1.29, 1.82) is 0 Å². The third-order valence-corrected chi connectivity index (χ3v) is 2.37. The molecule has 0 N–H and O–H groups in total. The van der Waals surface area contributed by atoms with Crippen LogP contribution in [0.25, 0.3) is 11.2 Å². The Morgan fingerprint density at radius 1 is 1.43 bits per heavy atom. The van der Waals surface area contributed by atoms with Crippen LogP contribution in [-0.2, 0) is 6.54 Å². The third kappa shape index (κ3) is 1.29. The molecule has 0 aromatic carbocycles. The summed E-state index contributed by atoms with van der Waals surface area (Å²) in [5.41, 5.74) is 2.00. The quantitative estimate of drug-likeness (QED) is 0.727. The van der Waals surface area contributed by atoms with E-state index in [0.717, 1.165) is 23.5 Å². The normalized spacial score (nSPS) is 11.4. The number of fused-ring (bicyclic) bond motifs is 1.